The van der Waals surface area contributed by atoms with E-state index in [0.29, 0.717) is 31.6 Å². The molecule has 8 heteroatoms. The van der Waals surface area contributed by atoms with E-state index in [4.69, 9.17) is 0 Å². The number of pyridine rings is 1. The predicted molar refractivity (Wildman–Crippen MR) is 97.7 cm³/mol. The van der Waals surface area contributed by atoms with Crippen LogP contribution < -0.4 is 5.32 Å². The van der Waals surface area contributed by atoms with E-state index in [1.165, 1.54) is 0 Å². The summed E-state index contributed by atoms with van der Waals surface area (Å²) in [5.74, 6) is -0.479. The van der Waals surface area contributed by atoms with Crippen LogP contribution in [0, 0.1) is 0 Å². The highest BCUT2D eigenvalue weighted by atomic mass is 16.3. The van der Waals surface area contributed by atoms with Crippen molar-refractivity contribution in [2.24, 2.45) is 0 Å². The summed E-state index contributed by atoms with van der Waals surface area (Å²) in [5.41, 5.74) is 0.340. The molecule has 3 heterocycles. The summed E-state index contributed by atoms with van der Waals surface area (Å²) in [5, 5.41) is 13.2. The Hall–Kier alpha value is -2.48. The molecule has 0 spiro atoms. The molecule has 0 bridgehead atoms. The standard InChI is InChI=1S/C19H26N4O4/c24-16-12-23(19(27)15-6-3-4-9-20-15)11-8-14(16)21-17(25)13-22-10-5-1-2-7-18(22)26/h3-4,6,9,14,16,24H,1-2,5,7-8,10-13H2,(H,21,25)/t14-,16-/m1/s1. The summed E-state index contributed by atoms with van der Waals surface area (Å²) in [6, 6.07) is 4.70. The van der Waals surface area contributed by atoms with Gasteiger partial charge in [-0.2, -0.15) is 0 Å². The minimum absolute atomic E-state index is 0.0129. The minimum atomic E-state index is -0.852. The lowest BCUT2D eigenvalue weighted by Gasteiger charge is -2.36. The molecule has 3 amide bonds. The Morgan fingerprint density at radius 1 is 1.22 bits per heavy atom. The van der Waals surface area contributed by atoms with Crippen LogP contribution in [-0.2, 0) is 9.59 Å². The van der Waals surface area contributed by atoms with Gasteiger partial charge in [0, 0.05) is 32.3 Å². The molecule has 0 aromatic carbocycles. The number of nitrogens with zero attached hydrogens (tertiary/aromatic N) is 3. The van der Waals surface area contributed by atoms with Crippen molar-refractivity contribution in [3.63, 3.8) is 0 Å². The fraction of sp³-hybridized carbons (Fsp3) is 0.579. The first-order chi connectivity index (χ1) is 13.0. The third kappa shape index (κ3) is 5.03. The van der Waals surface area contributed by atoms with E-state index in [2.05, 4.69) is 10.3 Å². The molecule has 2 saturated heterocycles. The van der Waals surface area contributed by atoms with Crippen LogP contribution in [0.25, 0.3) is 0 Å². The molecule has 0 aliphatic carbocycles. The van der Waals surface area contributed by atoms with E-state index in [0.717, 1.165) is 19.3 Å². The van der Waals surface area contributed by atoms with Crippen LogP contribution in [0.15, 0.2) is 24.4 Å². The second kappa shape index (κ2) is 8.94. The number of β-amino-alcohol motifs (C(OH)–C–C–N with tert-alkyl or cyclic N) is 1. The SMILES string of the molecule is O=C(CN1CCCCCC1=O)N[C@@H]1CCN(C(=O)c2ccccn2)C[C@H]1O. The first-order valence-corrected chi connectivity index (χ1v) is 9.50. The molecule has 2 N–H and O–H groups in total. The lowest BCUT2D eigenvalue weighted by atomic mass is 10.0. The second-order valence-electron chi connectivity index (χ2n) is 7.12. The Kier molecular flexibility index (Phi) is 6.39. The largest absolute Gasteiger partial charge is 0.389 e. The van der Waals surface area contributed by atoms with Crippen LogP contribution >= 0.6 is 0 Å². The number of rotatable bonds is 4. The second-order valence-corrected chi connectivity index (χ2v) is 7.12. The van der Waals surface area contributed by atoms with Crippen LogP contribution in [0.2, 0.25) is 0 Å². The van der Waals surface area contributed by atoms with Gasteiger partial charge in [-0.1, -0.05) is 12.5 Å². The maximum absolute atomic E-state index is 12.4. The monoisotopic (exact) mass is 374 g/mol. The molecular weight excluding hydrogens is 348 g/mol. The van der Waals surface area contributed by atoms with Crippen LogP contribution in [0.5, 0.6) is 0 Å². The molecule has 0 saturated carbocycles. The summed E-state index contributed by atoms with van der Waals surface area (Å²) in [4.78, 5) is 43.9. The first kappa shape index (κ1) is 19.3. The minimum Gasteiger partial charge on any atom is -0.389 e. The lowest BCUT2D eigenvalue weighted by molar-refractivity contribution is -0.136. The Morgan fingerprint density at radius 2 is 2.07 bits per heavy atom. The molecule has 0 unspecified atom stereocenters. The molecule has 1 aromatic heterocycles. The number of hydrogen-bond donors (Lipinski definition) is 2. The van der Waals surface area contributed by atoms with Gasteiger partial charge in [0.05, 0.1) is 18.7 Å². The van der Waals surface area contributed by atoms with Gasteiger partial charge in [-0.05, 0) is 31.4 Å². The summed E-state index contributed by atoms with van der Waals surface area (Å²) in [7, 11) is 0. The third-order valence-corrected chi connectivity index (χ3v) is 5.11. The highest BCUT2D eigenvalue weighted by Gasteiger charge is 2.32. The van der Waals surface area contributed by atoms with Gasteiger partial charge in [0.15, 0.2) is 0 Å². The zero-order chi connectivity index (χ0) is 19.2. The van der Waals surface area contributed by atoms with E-state index >= 15 is 0 Å². The number of aliphatic hydroxyl groups excluding tert-OH is 1. The number of hydrogen-bond acceptors (Lipinski definition) is 5. The van der Waals surface area contributed by atoms with Crippen molar-refractivity contribution in [3.05, 3.63) is 30.1 Å². The van der Waals surface area contributed by atoms with Crippen molar-refractivity contribution < 1.29 is 19.5 Å². The Morgan fingerprint density at radius 3 is 2.81 bits per heavy atom. The maximum atomic E-state index is 12.4. The van der Waals surface area contributed by atoms with Crippen molar-refractivity contribution in [1.82, 2.24) is 20.1 Å². The maximum Gasteiger partial charge on any atom is 0.272 e. The van der Waals surface area contributed by atoms with E-state index in [-0.39, 0.29) is 30.8 Å². The normalized spacial score (nSPS) is 23.7. The smallest absolute Gasteiger partial charge is 0.272 e. The average Bonchev–Trinajstić information content (AvgIpc) is 2.88. The fourth-order valence-corrected chi connectivity index (χ4v) is 3.57. The van der Waals surface area contributed by atoms with Crippen LogP contribution in [0.1, 0.15) is 42.6 Å². The van der Waals surface area contributed by atoms with E-state index < -0.39 is 12.1 Å². The van der Waals surface area contributed by atoms with Gasteiger partial charge in [0.2, 0.25) is 11.8 Å². The number of aliphatic hydroxyl groups is 1. The van der Waals surface area contributed by atoms with E-state index in [1.807, 2.05) is 0 Å². The van der Waals surface area contributed by atoms with Gasteiger partial charge in [-0.25, -0.2) is 0 Å². The highest BCUT2D eigenvalue weighted by Crippen LogP contribution is 2.15. The van der Waals surface area contributed by atoms with Gasteiger partial charge in [-0.3, -0.25) is 19.4 Å². The quantitative estimate of drug-likeness (QED) is 0.782. The number of aromatic nitrogens is 1. The number of carbonyl (C=O) groups excluding carboxylic acids is 3. The third-order valence-electron chi connectivity index (χ3n) is 5.11. The predicted octanol–water partition coefficient (Wildman–Crippen LogP) is 0.176. The summed E-state index contributed by atoms with van der Waals surface area (Å²) in [6.45, 7) is 1.20. The van der Waals surface area contributed by atoms with Crippen LogP contribution in [0.4, 0.5) is 0 Å². The van der Waals surface area contributed by atoms with Crippen LogP contribution in [0.3, 0.4) is 0 Å². The van der Waals surface area contributed by atoms with Crippen molar-refractivity contribution in [2.75, 3.05) is 26.2 Å². The first-order valence-electron chi connectivity index (χ1n) is 9.50. The van der Waals surface area contributed by atoms with Gasteiger partial charge in [0.25, 0.3) is 5.91 Å². The van der Waals surface area contributed by atoms with Gasteiger partial charge in [-0.15, -0.1) is 0 Å². The molecule has 2 fully saturated rings. The van der Waals surface area contributed by atoms with Gasteiger partial charge >= 0.3 is 0 Å². The number of carbonyl (C=O) groups is 3. The molecule has 3 rings (SSSR count). The fourth-order valence-electron chi connectivity index (χ4n) is 3.57. The molecule has 146 valence electrons. The Bertz CT molecular complexity index is 682. The molecule has 2 atom stereocenters. The number of nitrogens with one attached hydrogen (secondary N) is 1. The molecule has 0 radical (unpaired) electrons. The molecule has 1 aromatic rings. The zero-order valence-corrected chi connectivity index (χ0v) is 15.3. The van der Waals surface area contributed by atoms with Crippen molar-refractivity contribution >= 4 is 17.7 Å². The summed E-state index contributed by atoms with van der Waals surface area (Å²) in [6.07, 6.45) is 4.44. The number of amides is 3. The van der Waals surface area contributed by atoms with E-state index in [9.17, 15) is 19.5 Å². The Labute approximate surface area is 158 Å². The molecule has 2 aliphatic heterocycles. The van der Waals surface area contributed by atoms with Crippen molar-refractivity contribution in [2.45, 2.75) is 44.2 Å². The highest BCUT2D eigenvalue weighted by molar-refractivity contribution is 5.92. The number of likely N-dealkylation sites (tertiary alicyclic amines) is 2. The Balaban J connectivity index is 1.50. The number of piperidine rings is 1. The van der Waals surface area contributed by atoms with Crippen molar-refractivity contribution in [3.8, 4) is 0 Å². The van der Waals surface area contributed by atoms with Gasteiger partial charge in [0.1, 0.15) is 5.69 Å². The van der Waals surface area contributed by atoms with Crippen LogP contribution in [-0.4, -0.2) is 75.9 Å². The molecule has 27 heavy (non-hydrogen) atoms. The summed E-state index contributed by atoms with van der Waals surface area (Å²) < 4.78 is 0. The zero-order valence-electron chi connectivity index (χ0n) is 15.3. The average molecular weight is 374 g/mol. The van der Waals surface area contributed by atoms with Gasteiger partial charge < -0.3 is 20.2 Å². The molecular formula is C19H26N4O4. The molecule has 2 aliphatic rings. The van der Waals surface area contributed by atoms with E-state index in [1.54, 1.807) is 34.2 Å². The van der Waals surface area contributed by atoms with Crippen molar-refractivity contribution in [1.29, 1.82) is 0 Å². The molecule has 8 nitrogen and oxygen atoms in total. The summed E-state index contributed by atoms with van der Waals surface area (Å²) >= 11 is 0. The lowest BCUT2D eigenvalue weighted by Crippen LogP contribution is -2.56. The topological polar surface area (TPSA) is 103 Å².